The third-order valence-electron chi connectivity index (χ3n) is 3.42. The molecule has 2 amide bonds. The van der Waals surface area contributed by atoms with E-state index in [-0.39, 0.29) is 10.7 Å². The topological polar surface area (TPSA) is 35.6 Å². The van der Waals surface area contributed by atoms with E-state index in [1.54, 1.807) is 4.90 Å². The van der Waals surface area contributed by atoms with Gasteiger partial charge in [0.2, 0.25) is 0 Å². The van der Waals surface area contributed by atoms with Crippen LogP contribution in [0.4, 0.5) is 19.3 Å². The molecule has 0 radical (unpaired) electrons. The van der Waals surface area contributed by atoms with E-state index in [1.165, 1.54) is 0 Å². The normalized spacial score (nSPS) is 18.7. The molecule has 1 aliphatic rings. The maximum Gasteiger partial charge on any atom is 0.321 e. The Kier molecular flexibility index (Phi) is 4.45. The summed E-state index contributed by atoms with van der Waals surface area (Å²) < 4.78 is 26.4. The van der Waals surface area contributed by atoms with E-state index in [0.29, 0.717) is 25.2 Å². The predicted molar refractivity (Wildman–Crippen MR) is 74.1 cm³/mol. The van der Waals surface area contributed by atoms with Crippen molar-refractivity contribution in [2.75, 3.05) is 32.5 Å². The van der Waals surface area contributed by atoms with Gasteiger partial charge in [-0.25, -0.2) is 13.6 Å². The number of likely N-dealkylation sites (N-methyl/N-ethyl adjacent to an activating group) is 1. The molecule has 0 spiro atoms. The molecule has 1 saturated heterocycles. The van der Waals surface area contributed by atoms with Gasteiger partial charge in [-0.05, 0) is 26.6 Å². The maximum absolute atomic E-state index is 13.3. The second-order valence-electron chi connectivity index (χ2n) is 5.03. The third-order valence-corrected chi connectivity index (χ3v) is 3.80. The molecule has 1 fully saturated rings. The van der Waals surface area contributed by atoms with Gasteiger partial charge in [0.05, 0.1) is 5.69 Å². The van der Waals surface area contributed by atoms with Gasteiger partial charge in [-0.2, -0.15) is 0 Å². The molecule has 2 rings (SSSR count). The Hall–Kier alpha value is -1.40. The van der Waals surface area contributed by atoms with Crippen LogP contribution in [0.1, 0.15) is 6.42 Å². The number of hydrogen-bond donors (Lipinski definition) is 1. The highest BCUT2D eigenvalue weighted by molar-refractivity contribution is 6.33. The summed E-state index contributed by atoms with van der Waals surface area (Å²) in [6.45, 7) is 1.18. The van der Waals surface area contributed by atoms with Crippen LogP contribution in [0.25, 0.3) is 0 Å². The Bertz CT molecular complexity index is 525. The Labute approximate surface area is 121 Å². The lowest BCUT2D eigenvalue weighted by atomic mass is 10.2. The van der Waals surface area contributed by atoms with Crippen LogP contribution in [0.5, 0.6) is 0 Å². The largest absolute Gasteiger partial charge is 0.323 e. The molecule has 1 aromatic rings. The van der Waals surface area contributed by atoms with Crippen molar-refractivity contribution in [1.82, 2.24) is 9.80 Å². The second kappa shape index (κ2) is 5.93. The molecule has 0 bridgehead atoms. The van der Waals surface area contributed by atoms with Crippen molar-refractivity contribution in [1.29, 1.82) is 0 Å². The summed E-state index contributed by atoms with van der Waals surface area (Å²) in [6.07, 6.45) is 0.867. The monoisotopic (exact) mass is 303 g/mol. The van der Waals surface area contributed by atoms with Gasteiger partial charge in [0, 0.05) is 25.2 Å². The van der Waals surface area contributed by atoms with E-state index in [1.807, 2.05) is 19.0 Å². The average Bonchev–Trinajstić information content (AvgIpc) is 2.85. The molecule has 1 N–H and O–H groups in total. The summed E-state index contributed by atoms with van der Waals surface area (Å²) in [4.78, 5) is 15.7. The first-order valence-electron chi connectivity index (χ1n) is 6.25. The number of anilines is 1. The number of halogens is 3. The summed E-state index contributed by atoms with van der Waals surface area (Å²) in [6, 6.07) is 1.57. The molecule has 110 valence electrons. The number of carbonyl (C=O) groups excluding carboxylic acids is 1. The standard InChI is InChI=1S/C13H16ClF2N3O/c1-18(2)9-3-4-19(7-9)13(20)17-11-6-8(15)5-10(16)12(11)14/h5-6,9H,3-4,7H2,1-2H3,(H,17,20). The molecule has 0 aliphatic carbocycles. The third kappa shape index (κ3) is 3.19. The van der Waals surface area contributed by atoms with E-state index >= 15 is 0 Å². The molecular weight excluding hydrogens is 288 g/mol. The molecule has 7 heteroatoms. The molecule has 1 aromatic carbocycles. The van der Waals surface area contributed by atoms with Crippen molar-refractivity contribution >= 4 is 23.3 Å². The zero-order valence-electron chi connectivity index (χ0n) is 11.3. The fourth-order valence-corrected chi connectivity index (χ4v) is 2.35. The van der Waals surface area contributed by atoms with Crippen molar-refractivity contribution in [2.45, 2.75) is 12.5 Å². The lowest BCUT2D eigenvalue weighted by molar-refractivity contribution is 0.216. The van der Waals surface area contributed by atoms with Crippen molar-refractivity contribution in [2.24, 2.45) is 0 Å². The molecule has 1 heterocycles. The summed E-state index contributed by atoms with van der Waals surface area (Å²) >= 11 is 5.71. The number of nitrogens with zero attached hydrogens (tertiary/aromatic N) is 2. The summed E-state index contributed by atoms with van der Waals surface area (Å²) in [5.41, 5.74) is -0.0533. The number of amides is 2. The molecule has 0 aromatic heterocycles. The Morgan fingerprint density at radius 1 is 1.45 bits per heavy atom. The minimum absolute atomic E-state index is 0.0533. The Morgan fingerprint density at radius 2 is 2.15 bits per heavy atom. The first-order valence-corrected chi connectivity index (χ1v) is 6.63. The molecule has 4 nitrogen and oxygen atoms in total. The van der Waals surface area contributed by atoms with Crippen molar-refractivity contribution in [3.05, 3.63) is 28.8 Å². The van der Waals surface area contributed by atoms with Gasteiger partial charge in [-0.1, -0.05) is 11.6 Å². The maximum atomic E-state index is 13.3. The summed E-state index contributed by atoms with van der Waals surface area (Å²) in [7, 11) is 3.90. The highest BCUT2D eigenvalue weighted by Gasteiger charge is 2.28. The number of rotatable bonds is 2. The number of likely N-dealkylation sites (tertiary alicyclic amines) is 1. The van der Waals surface area contributed by atoms with Crippen molar-refractivity contribution < 1.29 is 13.6 Å². The molecule has 1 unspecified atom stereocenters. The molecule has 20 heavy (non-hydrogen) atoms. The van der Waals surface area contributed by atoms with Gasteiger partial charge >= 0.3 is 6.03 Å². The number of benzene rings is 1. The predicted octanol–water partition coefficient (Wildman–Crippen LogP) is 2.79. The fourth-order valence-electron chi connectivity index (χ4n) is 2.19. The summed E-state index contributed by atoms with van der Waals surface area (Å²) in [5, 5.41) is 2.16. The highest BCUT2D eigenvalue weighted by Crippen LogP contribution is 2.27. The van der Waals surface area contributed by atoms with E-state index in [9.17, 15) is 13.6 Å². The molecule has 1 atom stereocenters. The van der Waals surface area contributed by atoms with E-state index in [4.69, 9.17) is 11.6 Å². The second-order valence-corrected chi connectivity index (χ2v) is 5.41. The minimum atomic E-state index is -0.894. The smallest absolute Gasteiger partial charge is 0.321 e. The highest BCUT2D eigenvalue weighted by atomic mass is 35.5. The van der Waals surface area contributed by atoms with Gasteiger partial charge in [0.1, 0.15) is 16.7 Å². The van der Waals surface area contributed by atoms with Crippen LogP contribution < -0.4 is 5.32 Å². The molecule has 0 saturated carbocycles. The van der Waals surface area contributed by atoms with Gasteiger partial charge in [0.15, 0.2) is 0 Å². The van der Waals surface area contributed by atoms with Gasteiger partial charge < -0.3 is 15.1 Å². The van der Waals surface area contributed by atoms with Crippen LogP contribution >= 0.6 is 11.6 Å². The molecular formula is C13H16ClF2N3O. The quantitative estimate of drug-likeness (QED) is 0.853. The number of nitrogens with one attached hydrogen (secondary N) is 1. The SMILES string of the molecule is CN(C)C1CCN(C(=O)Nc2cc(F)cc(F)c2Cl)C1. The van der Waals surface area contributed by atoms with Gasteiger partial charge in [0.25, 0.3) is 0 Å². The van der Waals surface area contributed by atoms with Crippen molar-refractivity contribution in [3.8, 4) is 0 Å². The van der Waals surface area contributed by atoms with Gasteiger partial charge in [-0.3, -0.25) is 0 Å². The lowest BCUT2D eigenvalue weighted by Gasteiger charge is -2.21. The van der Waals surface area contributed by atoms with Crippen LogP contribution in [0.3, 0.4) is 0 Å². The van der Waals surface area contributed by atoms with E-state index in [2.05, 4.69) is 5.32 Å². The number of urea groups is 1. The fraction of sp³-hybridized carbons (Fsp3) is 0.462. The zero-order chi connectivity index (χ0) is 14.9. The van der Waals surface area contributed by atoms with E-state index in [0.717, 1.165) is 12.5 Å². The Morgan fingerprint density at radius 3 is 2.75 bits per heavy atom. The van der Waals surface area contributed by atoms with Crippen molar-refractivity contribution in [3.63, 3.8) is 0 Å². The van der Waals surface area contributed by atoms with Crippen LogP contribution in [-0.4, -0.2) is 49.1 Å². The average molecular weight is 304 g/mol. The first-order chi connectivity index (χ1) is 9.38. The summed E-state index contributed by atoms with van der Waals surface area (Å²) in [5.74, 6) is -1.68. The van der Waals surface area contributed by atoms with E-state index < -0.39 is 17.7 Å². The Balaban J connectivity index is 2.06. The van der Waals surface area contributed by atoms with Gasteiger partial charge in [-0.15, -0.1) is 0 Å². The van der Waals surface area contributed by atoms with Crippen LogP contribution in [0, 0.1) is 11.6 Å². The number of carbonyl (C=O) groups is 1. The zero-order valence-corrected chi connectivity index (χ0v) is 12.0. The number of hydrogen-bond acceptors (Lipinski definition) is 2. The van der Waals surface area contributed by atoms with Crippen LogP contribution in [-0.2, 0) is 0 Å². The molecule has 1 aliphatic heterocycles. The lowest BCUT2D eigenvalue weighted by Crippen LogP contribution is -2.36. The first kappa shape index (κ1) is 15.0. The van der Waals surface area contributed by atoms with Crippen LogP contribution in [0.15, 0.2) is 12.1 Å². The van der Waals surface area contributed by atoms with Crippen LogP contribution in [0.2, 0.25) is 5.02 Å². The minimum Gasteiger partial charge on any atom is -0.323 e.